The Bertz CT molecular complexity index is 417. The van der Waals surface area contributed by atoms with Gasteiger partial charge in [-0.15, -0.1) is 5.10 Å². The minimum atomic E-state index is -0.0474. The monoisotopic (exact) mass is 240 g/mol. The van der Waals surface area contributed by atoms with Gasteiger partial charge >= 0.3 is 5.69 Å². The first-order valence-corrected chi connectivity index (χ1v) is 6.77. The molecule has 0 radical (unpaired) electrons. The number of aromatic nitrogens is 3. The number of piperidine rings is 1. The maximum Gasteiger partial charge on any atom is 0.344 e. The van der Waals surface area contributed by atoms with Gasteiger partial charge in [-0.3, -0.25) is 4.57 Å². The van der Waals surface area contributed by atoms with E-state index in [0.29, 0.717) is 11.3 Å². The van der Waals surface area contributed by atoms with E-state index in [1.807, 2.05) is 4.57 Å². The molecule has 5 nitrogen and oxygen atoms in total. The van der Waals surface area contributed by atoms with Crippen LogP contribution in [0.2, 0.25) is 0 Å². The largest absolute Gasteiger partial charge is 0.344 e. The molecule has 1 saturated heterocycles. The normalized spacial score (nSPS) is 25.9. The van der Waals surface area contributed by atoms with Crippen LogP contribution in [0.5, 0.6) is 0 Å². The summed E-state index contributed by atoms with van der Waals surface area (Å²) in [5.41, 5.74) is -0.0474. The van der Waals surface area contributed by atoms with Gasteiger partial charge in [-0.25, -0.2) is 9.89 Å². The second-order valence-corrected chi connectivity index (χ2v) is 5.77. The van der Waals surface area contributed by atoms with E-state index in [-0.39, 0.29) is 5.69 Å². The number of hydrogen-bond donors (Lipinski definition) is 2. The second kappa shape index (κ2) is 4.25. The van der Waals surface area contributed by atoms with Gasteiger partial charge in [0.1, 0.15) is 0 Å². The van der Waals surface area contributed by atoms with Crippen molar-refractivity contribution in [2.45, 2.75) is 42.1 Å². The number of thioether (sulfide) groups is 1. The lowest BCUT2D eigenvalue weighted by molar-refractivity contribution is 0.528. The average Bonchev–Trinajstić information content (AvgIpc) is 3.07. The Morgan fingerprint density at radius 2 is 2.25 bits per heavy atom. The van der Waals surface area contributed by atoms with Gasteiger partial charge in [0.2, 0.25) is 0 Å². The first kappa shape index (κ1) is 10.4. The van der Waals surface area contributed by atoms with Crippen LogP contribution in [0, 0.1) is 0 Å². The Morgan fingerprint density at radius 3 is 2.94 bits per heavy atom. The first-order chi connectivity index (χ1) is 7.84. The Kier molecular flexibility index (Phi) is 2.77. The number of nitrogens with one attached hydrogen (secondary N) is 2. The highest BCUT2D eigenvalue weighted by molar-refractivity contribution is 7.99. The molecule has 3 rings (SSSR count). The van der Waals surface area contributed by atoms with Crippen molar-refractivity contribution < 1.29 is 0 Å². The molecule has 1 atom stereocenters. The van der Waals surface area contributed by atoms with Crippen LogP contribution in [0.3, 0.4) is 0 Å². The molecular formula is C10H16N4OS. The Morgan fingerprint density at radius 1 is 1.38 bits per heavy atom. The summed E-state index contributed by atoms with van der Waals surface area (Å²) >= 11 is 1.74. The molecule has 1 saturated carbocycles. The van der Waals surface area contributed by atoms with Crippen molar-refractivity contribution in [3.63, 3.8) is 0 Å². The smallest absolute Gasteiger partial charge is 0.316 e. The summed E-state index contributed by atoms with van der Waals surface area (Å²) in [5.74, 6) is 0. The van der Waals surface area contributed by atoms with Crippen LogP contribution in [-0.2, 0) is 0 Å². The van der Waals surface area contributed by atoms with Crippen LogP contribution in [-0.4, -0.2) is 33.1 Å². The molecule has 2 fully saturated rings. The maximum atomic E-state index is 11.6. The molecule has 0 spiro atoms. The summed E-state index contributed by atoms with van der Waals surface area (Å²) in [6, 6.07) is 0.408. The van der Waals surface area contributed by atoms with Gasteiger partial charge in [0.15, 0.2) is 5.16 Å². The van der Waals surface area contributed by atoms with Gasteiger partial charge in [0.05, 0.1) is 0 Å². The summed E-state index contributed by atoms with van der Waals surface area (Å²) in [6.07, 6.45) is 4.67. The van der Waals surface area contributed by atoms with E-state index < -0.39 is 0 Å². The minimum Gasteiger partial charge on any atom is -0.316 e. The summed E-state index contributed by atoms with van der Waals surface area (Å²) < 4.78 is 1.83. The Hall–Kier alpha value is -0.750. The molecule has 0 amide bonds. The zero-order valence-corrected chi connectivity index (χ0v) is 9.92. The van der Waals surface area contributed by atoms with Crippen LogP contribution in [0.4, 0.5) is 0 Å². The number of nitrogens with zero attached hydrogens (tertiary/aromatic N) is 2. The predicted molar refractivity (Wildman–Crippen MR) is 62.9 cm³/mol. The van der Waals surface area contributed by atoms with Crippen molar-refractivity contribution in [1.82, 2.24) is 20.1 Å². The quantitative estimate of drug-likeness (QED) is 0.818. The molecule has 1 aliphatic carbocycles. The number of H-pyrrole nitrogens is 1. The summed E-state index contributed by atoms with van der Waals surface area (Å²) in [5, 5.41) is 11.5. The molecule has 6 heteroatoms. The molecule has 1 aromatic rings. The van der Waals surface area contributed by atoms with E-state index in [2.05, 4.69) is 15.5 Å². The third-order valence-corrected chi connectivity index (χ3v) is 4.34. The van der Waals surface area contributed by atoms with Crippen molar-refractivity contribution in [2.75, 3.05) is 13.1 Å². The third kappa shape index (κ3) is 2.04. The predicted octanol–water partition coefficient (Wildman–Crippen LogP) is 0.750. The van der Waals surface area contributed by atoms with E-state index in [1.165, 1.54) is 12.8 Å². The number of rotatable bonds is 3. The lowest BCUT2D eigenvalue weighted by Crippen LogP contribution is -2.31. The summed E-state index contributed by atoms with van der Waals surface area (Å²) in [4.78, 5) is 11.6. The van der Waals surface area contributed by atoms with E-state index >= 15 is 0 Å². The van der Waals surface area contributed by atoms with Crippen LogP contribution in [0.25, 0.3) is 0 Å². The fourth-order valence-corrected chi connectivity index (χ4v) is 3.33. The molecule has 1 unspecified atom stereocenters. The first-order valence-electron chi connectivity index (χ1n) is 5.89. The molecular weight excluding hydrogens is 224 g/mol. The van der Waals surface area contributed by atoms with Gasteiger partial charge in [0, 0.05) is 17.8 Å². The van der Waals surface area contributed by atoms with Gasteiger partial charge in [-0.05, 0) is 32.2 Å². The molecule has 2 heterocycles. The third-order valence-electron chi connectivity index (χ3n) is 3.11. The zero-order valence-electron chi connectivity index (χ0n) is 9.11. The van der Waals surface area contributed by atoms with E-state index in [9.17, 15) is 4.79 Å². The van der Waals surface area contributed by atoms with E-state index in [4.69, 9.17) is 0 Å². The molecule has 0 aromatic carbocycles. The van der Waals surface area contributed by atoms with Crippen LogP contribution in [0.1, 0.15) is 31.7 Å². The van der Waals surface area contributed by atoms with E-state index in [1.54, 1.807) is 11.8 Å². The van der Waals surface area contributed by atoms with Crippen molar-refractivity contribution in [3.8, 4) is 0 Å². The van der Waals surface area contributed by atoms with Crippen LogP contribution < -0.4 is 11.0 Å². The second-order valence-electron chi connectivity index (χ2n) is 4.50. The fourth-order valence-electron chi connectivity index (χ4n) is 2.10. The van der Waals surface area contributed by atoms with Crippen molar-refractivity contribution in [1.29, 1.82) is 0 Å². The number of aromatic amines is 1. The average molecular weight is 240 g/mol. The number of hydrogen-bond acceptors (Lipinski definition) is 4. The van der Waals surface area contributed by atoms with Gasteiger partial charge < -0.3 is 5.32 Å². The highest BCUT2D eigenvalue weighted by Gasteiger charge is 2.29. The molecule has 16 heavy (non-hydrogen) atoms. The van der Waals surface area contributed by atoms with Crippen LogP contribution in [0.15, 0.2) is 9.95 Å². The van der Waals surface area contributed by atoms with Gasteiger partial charge in [-0.1, -0.05) is 11.8 Å². The lowest BCUT2D eigenvalue weighted by Gasteiger charge is -2.21. The summed E-state index contributed by atoms with van der Waals surface area (Å²) in [7, 11) is 0. The van der Waals surface area contributed by atoms with Gasteiger partial charge in [-0.2, -0.15) is 0 Å². The summed E-state index contributed by atoms with van der Waals surface area (Å²) in [6.45, 7) is 2.14. The molecule has 2 N–H and O–H groups in total. The topological polar surface area (TPSA) is 62.7 Å². The highest BCUT2D eigenvalue weighted by atomic mass is 32.2. The molecule has 0 bridgehead atoms. The molecule has 2 aliphatic rings. The standard InChI is InChI=1S/C10H16N4OS/c15-9-12-13-10(14(9)7-3-4-7)16-8-2-1-5-11-6-8/h7-8,11H,1-6H2,(H,12,15). The lowest BCUT2D eigenvalue weighted by atomic mass is 10.2. The molecule has 1 aliphatic heterocycles. The fraction of sp³-hybridized carbons (Fsp3) is 0.800. The Balaban J connectivity index is 1.75. The molecule has 1 aromatic heterocycles. The maximum absolute atomic E-state index is 11.6. The van der Waals surface area contributed by atoms with Gasteiger partial charge in [0.25, 0.3) is 0 Å². The SMILES string of the molecule is O=c1[nH]nc(SC2CCCNC2)n1C1CC1. The Labute approximate surface area is 98.0 Å². The highest BCUT2D eigenvalue weighted by Crippen LogP contribution is 2.37. The van der Waals surface area contributed by atoms with Crippen LogP contribution >= 0.6 is 11.8 Å². The zero-order chi connectivity index (χ0) is 11.0. The van der Waals surface area contributed by atoms with E-state index in [0.717, 1.165) is 31.1 Å². The van der Waals surface area contributed by atoms with Crippen molar-refractivity contribution in [2.24, 2.45) is 0 Å². The van der Waals surface area contributed by atoms with Crippen molar-refractivity contribution >= 4 is 11.8 Å². The van der Waals surface area contributed by atoms with Crippen molar-refractivity contribution in [3.05, 3.63) is 10.5 Å². The molecule has 88 valence electrons. The minimum absolute atomic E-state index is 0.0474.